The van der Waals surface area contributed by atoms with Gasteiger partial charge in [0.2, 0.25) is 0 Å². The molecule has 2 nitrogen and oxygen atoms in total. The zero-order valence-corrected chi connectivity index (χ0v) is 10.5. The maximum Gasteiger partial charge on any atom is 0.0967 e. The van der Waals surface area contributed by atoms with Gasteiger partial charge in [-0.15, -0.1) is 0 Å². The minimum atomic E-state index is 0.997. The molecule has 1 heterocycles. The van der Waals surface area contributed by atoms with E-state index < -0.39 is 0 Å². The first-order valence-electron chi connectivity index (χ1n) is 6.04. The van der Waals surface area contributed by atoms with Crippen molar-refractivity contribution < 1.29 is 0 Å². The molecule has 0 N–H and O–H groups in total. The fourth-order valence-corrected chi connectivity index (χ4v) is 2.21. The van der Waals surface area contributed by atoms with Gasteiger partial charge in [0.25, 0.3) is 0 Å². The topological polar surface area (TPSA) is 25.8 Å². The first-order chi connectivity index (χ1) is 8.77. The molecule has 0 radical (unpaired) electrons. The van der Waals surface area contributed by atoms with Gasteiger partial charge in [-0.05, 0) is 30.5 Å². The number of hydrogen-bond acceptors (Lipinski definition) is 2. The van der Waals surface area contributed by atoms with Crippen LogP contribution in [0.15, 0.2) is 48.7 Å². The Hall–Kier alpha value is -2.22. The number of aryl methyl sites for hydroxylation is 2. The van der Waals surface area contributed by atoms with E-state index in [1.165, 1.54) is 22.1 Å². The highest BCUT2D eigenvalue weighted by molar-refractivity contribution is 5.95. The van der Waals surface area contributed by atoms with Crippen LogP contribution in [0.3, 0.4) is 0 Å². The van der Waals surface area contributed by atoms with Crippen molar-refractivity contribution in [1.82, 2.24) is 10.2 Å². The Bertz CT molecular complexity index is 703. The second-order valence-electron chi connectivity index (χ2n) is 4.53. The Morgan fingerprint density at radius 3 is 2.44 bits per heavy atom. The van der Waals surface area contributed by atoms with Crippen LogP contribution in [0.2, 0.25) is 0 Å². The van der Waals surface area contributed by atoms with Gasteiger partial charge >= 0.3 is 0 Å². The second kappa shape index (κ2) is 4.22. The predicted molar refractivity (Wildman–Crippen MR) is 74.4 cm³/mol. The van der Waals surface area contributed by atoms with Crippen molar-refractivity contribution >= 4 is 10.9 Å². The van der Waals surface area contributed by atoms with Crippen LogP contribution in [0.25, 0.3) is 22.0 Å². The molecule has 0 bridgehead atoms. The molecular weight excluding hydrogens is 220 g/mol. The summed E-state index contributed by atoms with van der Waals surface area (Å²) in [6.07, 6.45) is 1.84. The smallest absolute Gasteiger partial charge is 0.0967 e. The first kappa shape index (κ1) is 10.9. The second-order valence-corrected chi connectivity index (χ2v) is 4.53. The van der Waals surface area contributed by atoms with E-state index in [0.29, 0.717) is 0 Å². The number of benzene rings is 2. The summed E-state index contributed by atoms with van der Waals surface area (Å²) < 4.78 is 0. The van der Waals surface area contributed by atoms with Gasteiger partial charge in [-0.3, -0.25) is 0 Å². The van der Waals surface area contributed by atoms with Gasteiger partial charge in [-0.25, -0.2) is 0 Å². The Kier molecular flexibility index (Phi) is 2.56. The molecule has 0 spiro atoms. The lowest BCUT2D eigenvalue weighted by Gasteiger charge is -2.08. The number of nitrogens with zero attached hydrogens (tertiary/aromatic N) is 2. The highest BCUT2D eigenvalue weighted by atomic mass is 15.1. The molecule has 1 aromatic heterocycles. The van der Waals surface area contributed by atoms with Gasteiger partial charge in [0.1, 0.15) is 0 Å². The quantitative estimate of drug-likeness (QED) is 0.638. The lowest BCUT2D eigenvalue weighted by Crippen LogP contribution is -1.92. The maximum absolute atomic E-state index is 4.28. The SMILES string of the molecule is Cc1ccc2c(-c3ccccc3)cnnc2c1C. The summed E-state index contributed by atoms with van der Waals surface area (Å²) in [5, 5.41) is 9.58. The summed E-state index contributed by atoms with van der Waals surface area (Å²) in [4.78, 5) is 0. The minimum absolute atomic E-state index is 0.997. The predicted octanol–water partition coefficient (Wildman–Crippen LogP) is 3.91. The molecule has 0 saturated heterocycles. The highest BCUT2D eigenvalue weighted by Crippen LogP contribution is 2.28. The lowest BCUT2D eigenvalue weighted by atomic mass is 9.99. The van der Waals surface area contributed by atoms with Crippen LogP contribution in [-0.2, 0) is 0 Å². The fourth-order valence-electron chi connectivity index (χ4n) is 2.21. The molecule has 0 aliphatic heterocycles. The van der Waals surface area contributed by atoms with Gasteiger partial charge in [0, 0.05) is 10.9 Å². The molecule has 2 aromatic carbocycles. The lowest BCUT2D eigenvalue weighted by molar-refractivity contribution is 1.07. The molecular formula is C16H14N2. The monoisotopic (exact) mass is 234 g/mol. The Balaban J connectivity index is 2.35. The maximum atomic E-state index is 4.28. The molecule has 0 aliphatic rings. The van der Waals surface area contributed by atoms with E-state index in [-0.39, 0.29) is 0 Å². The third-order valence-corrected chi connectivity index (χ3v) is 3.42. The number of aromatic nitrogens is 2. The number of fused-ring (bicyclic) bond motifs is 1. The van der Waals surface area contributed by atoms with E-state index in [2.05, 4.69) is 48.3 Å². The molecule has 0 fully saturated rings. The molecule has 18 heavy (non-hydrogen) atoms. The van der Waals surface area contributed by atoms with Crippen LogP contribution >= 0.6 is 0 Å². The van der Waals surface area contributed by atoms with E-state index in [0.717, 1.165) is 11.1 Å². The Morgan fingerprint density at radius 1 is 0.889 bits per heavy atom. The van der Waals surface area contributed by atoms with Crippen LogP contribution < -0.4 is 0 Å². The summed E-state index contributed by atoms with van der Waals surface area (Å²) in [7, 11) is 0. The number of rotatable bonds is 1. The van der Waals surface area contributed by atoms with Crippen molar-refractivity contribution in [3.05, 3.63) is 59.8 Å². The normalized spacial score (nSPS) is 10.8. The zero-order chi connectivity index (χ0) is 12.5. The third kappa shape index (κ3) is 1.66. The van der Waals surface area contributed by atoms with Gasteiger partial charge in [0.05, 0.1) is 11.7 Å². The van der Waals surface area contributed by atoms with E-state index in [4.69, 9.17) is 0 Å². The van der Waals surface area contributed by atoms with Crippen molar-refractivity contribution in [2.75, 3.05) is 0 Å². The van der Waals surface area contributed by atoms with E-state index in [1.54, 1.807) is 0 Å². The third-order valence-electron chi connectivity index (χ3n) is 3.42. The van der Waals surface area contributed by atoms with E-state index in [9.17, 15) is 0 Å². The van der Waals surface area contributed by atoms with Crippen LogP contribution in [0.1, 0.15) is 11.1 Å². The molecule has 0 aliphatic carbocycles. The number of hydrogen-bond donors (Lipinski definition) is 0. The Labute approximate surface area is 106 Å². The van der Waals surface area contributed by atoms with Crippen LogP contribution in [-0.4, -0.2) is 10.2 Å². The van der Waals surface area contributed by atoms with Crippen LogP contribution in [0, 0.1) is 13.8 Å². The summed E-state index contributed by atoms with van der Waals surface area (Å²) in [5.41, 5.74) is 5.78. The fraction of sp³-hybridized carbons (Fsp3) is 0.125. The van der Waals surface area contributed by atoms with E-state index in [1.807, 2.05) is 24.4 Å². The van der Waals surface area contributed by atoms with Gasteiger partial charge in [-0.1, -0.05) is 42.5 Å². The van der Waals surface area contributed by atoms with Crippen LogP contribution in [0.5, 0.6) is 0 Å². The Morgan fingerprint density at radius 2 is 1.67 bits per heavy atom. The molecule has 0 saturated carbocycles. The minimum Gasteiger partial charge on any atom is -0.158 e. The molecule has 88 valence electrons. The molecule has 0 atom stereocenters. The van der Waals surface area contributed by atoms with Crippen molar-refractivity contribution in [3.8, 4) is 11.1 Å². The molecule has 3 aromatic rings. The van der Waals surface area contributed by atoms with Crippen molar-refractivity contribution in [1.29, 1.82) is 0 Å². The van der Waals surface area contributed by atoms with Gasteiger partial charge in [0.15, 0.2) is 0 Å². The summed E-state index contributed by atoms with van der Waals surface area (Å²) in [5.74, 6) is 0. The average Bonchev–Trinajstić information content (AvgIpc) is 2.43. The summed E-state index contributed by atoms with van der Waals surface area (Å²) >= 11 is 0. The van der Waals surface area contributed by atoms with E-state index >= 15 is 0 Å². The zero-order valence-electron chi connectivity index (χ0n) is 10.5. The standard InChI is InChI=1S/C16H14N2/c1-11-8-9-14-15(13-6-4-3-5-7-13)10-17-18-16(14)12(11)2/h3-10H,1-2H3. The van der Waals surface area contributed by atoms with Crippen molar-refractivity contribution in [2.24, 2.45) is 0 Å². The van der Waals surface area contributed by atoms with Crippen molar-refractivity contribution in [3.63, 3.8) is 0 Å². The molecule has 0 amide bonds. The largest absolute Gasteiger partial charge is 0.158 e. The van der Waals surface area contributed by atoms with Gasteiger partial charge < -0.3 is 0 Å². The highest BCUT2D eigenvalue weighted by Gasteiger charge is 2.08. The average molecular weight is 234 g/mol. The van der Waals surface area contributed by atoms with Gasteiger partial charge in [-0.2, -0.15) is 10.2 Å². The molecule has 0 unspecified atom stereocenters. The van der Waals surface area contributed by atoms with Crippen molar-refractivity contribution in [2.45, 2.75) is 13.8 Å². The van der Waals surface area contributed by atoms with Crippen LogP contribution in [0.4, 0.5) is 0 Å². The molecule has 2 heteroatoms. The molecule has 3 rings (SSSR count). The summed E-state index contributed by atoms with van der Waals surface area (Å²) in [6, 6.07) is 14.6. The summed E-state index contributed by atoms with van der Waals surface area (Å²) in [6.45, 7) is 4.20. The first-order valence-corrected chi connectivity index (χ1v) is 6.04.